The molecular formula is C17H22N4OS. The summed E-state index contributed by atoms with van der Waals surface area (Å²) in [5.74, 6) is 0.887. The fraction of sp³-hybridized carbons (Fsp3) is 0.412. The SMILES string of the molecule is CC1CN(C(=O)Nc2cccc(-c3nccn3C)c2)CC(C)S1. The molecule has 0 bridgehead atoms. The summed E-state index contributed by atoms with van der Waals surface area (Å²) in [6, 6.07) is 7.79. The summed E-state index contributed by atoms with van der Waals surface area (Å²) in [6.07, 6.45) is 3.68. The molecular weight excluding hydrogens is 308 g/mol. The van der Waals surface area contributed by atoms with Gasteiger partial charge in [-0.1, -0.05) is 26.0 Å². The first-order chi connectivity index (χ1) is 11.0. The second kappa shape index (κ2) is 6.66. The van der Waals surface area contributed by atoms with Crippen LogP contribution in [0.3, 0.4) is 0 Å². The van der Waals surface area contributed by atoms with Crippen molar-refractivity contribution in [1.29, 1.82) is 0 Å². The summed E-state index contributed by atoms with van der Waals surface area (Å²) in [5.41, 5.74) is 1.79. The van der Waals surface area contributed by atoms with Gasteiger partial charge in [0.05, 0.1) is 0 Å². The maximum atomic E-state index is 12.5. The Bertz CT molecular complexity index is 689. The van der Waals surface area contributed by atoms with Gasteiger partial charge in [-0.2, -0.15) is 11.8 Å². The Morgan fingerprint density at radius 1 is 1.30 bits per heavy atom. The highest BCUT2D eigenvalue weighted by Crippen LogP contribution is 2.26. The van der Waals surface area contributed by atoms with E-state index in [9.17, 15) is 4.79 Å². The van der Waals surface area contributed by atoms with Gasteiger partial charge in [0.25, 0.3) is 0 Å². The van der Waals surface area contributed by atoms with Crippen LogP contribution >= 0.6 is 11.8 Å². The number of benzene rings is 1. The fourth-order valence-corrected chi connectivity index (χ4v) is 4.25. The van der Waals surface area contributed by atoms with E-state index in [-0.39, 0.29) is 6.03 Å². The highest BCUT2D eigenvalue weighted by Gasteiger charge is 2.25. The third kappa shape index (κ3) is 3.69. The van der Waals surface area contributed by atoms with Gasteiger partial charge in [-0.25, -0.2) is 9.78 Å². The van der Waals surface area contributed by atoms with Crippen LogP contribution in [0.25, 0.3) is 11.4 Å². The predicted octanol–water partition coefficient (Wildman–Crippen LogP) is 3.44. The van der Waals surface area contributed by atoms with E-state index >= 15 is 0 Å². The van der Waals surface area contributed by atoms with Crippen LogP contribution in [0.1, 0.15) is 13.8 Å². The molecule has 2 heterocycles. The van der Waals surface area contributed by atoms with Gasteiger partial charge < -0.3 is 14.8 Å². The lowest BCUT2D eigenvalue weighted by molar-refractivity contribution is 0.211. The lowest BCUT2D eigenvalue weighted by Crippen LogP contribution is -2.46. The fourth-order valence-electron chi connectivity index (χ4n) is 2.93. The molecule has 1 aromatic heterocycles. The molecule has 122 valence electrons. The Hall–Kier alpha value is -1.95. The zero-order valence-electron chi connectivity index (χ0n) is 13.7. The Balaban J connectivity index is 1.73. The molecule has 2 amide bonds. The number of anilines is 1. The average Bonchev–Trinajstić information content (AvgIpc) is 2.92. The number of hydrogen-bond acceptors (Lipinski definition) is 3. The molecule has 1 aromatic carbocycles. The lowest BCUT2D eigenvalue weighted by Gasteiger charge is -2.34. The second-order valence-electron chi connectivity index (χ2n) is 6.04. The van der Waals surface area contributed by atoms with E-state index in [0.717, 1.165) is 30.2 Å². The van der Waals surface area contributed by atoms with Crippen LogP contribution in [0.15, 0.2) is 36.7 Å². The van der Waals surface area contributed by atoms with Gasteiger partial charge >= 0.3 is 6.03 Å². The number of carbonyl (C=O) groups is 1. The van der Waals surface area contributed by atoms with Crippen molar-refractivity contribution in [3.8, 4) is 11.4 Å². The Morgan fingerprint density at radius 2 is 2.04 bits per heavy atom. The molecule has 1 aliphatic rings. The van der Waals surface area contributed by atoms with Gasteiger partial charge in [-0.3, -0.25) is 0 Å². The van der Waals surface area contributed by atoms with E-state index in [1.165, 1.54) is 0 Å². The van der Waals surface area contributed by atoms with Crippen molar-refractivity contribution in [3.05, 3.63) is 36.7 Å². The van der Waals surface area contributed by atoms with Crippen LogP contribution in [0.5, 0.6) is 0 Å². The second-order valence-corrected chi connectivity index (χ2v) is 7.92. The maximum Gasteiger partial charge on any atom is 0.321 e. The molecule has 6 heteroatoms. The van der Waals surface area contributed by atoms with Crippen molar-refractivity contribution in [2.24, 2.45) is 7.05 Å². The number of urea groups is 1. The van der Waals surface area contributed by atoms with Gasteiger partial charge in [-0.05, 0) is 12.1 Å². The molecule has 23 heavy (non-hydrogen) atoms. The molecule has 1 saturated heterocycles. The molecule has 0 spiro atoms. The Labute approximate surface area is 141 Å². The van der Waals surface area contributed by atoms with E-state index in [1.54, 1.807) is 6.20 Å². The summed E-state index contributed by atoms with van der Waals surface area (Å²) in [7, 11) is 1.96. The van der Waals surface area contributed by atoms with Crippen LogP contribution in [-0.4, -0.2) is 44.1 Å². The molecule has 3 rings (SSSR count). The minimum absolute atomic E-state index is 0.0269. The molecule has 0 saturated carbocycles. The number of aryl methyl sites for hydroxylation is 1. The van der Waals surface area contributed by atoms with Crippen LogP contribution < -0.4 is 5.32 Å². The van der Waals surface area contributed by atoms with Crippen LogP contribution in [0.2, 0.25) is 0 Å². The van der Waals surface area contributed by atoms with Crippen LogP contribution in [0, 0.1) is 0 Å². The van der Waals surface area contributed by atoms with E-state index in [4.69, 9.17) is 0 Å². The topological polar surface area (TPSA) is 50.2 Å². The van der Waals surface area contributed by atoms with Crippen molar-refractivity contribution in [1.82, 2.24) is 14.5 Å². The van der Waals surface area contributed by atoms with Gasteiger partial charge in [0, 0.05) is 54.3 Å². The van der Waals surface area contributed by atoms with Gasteiger partial charge in [0.2, 0.25) is 0 Å². The van der Waals surface area contributed by atoms with Crippen LogP contribution in [-0.2, 0) is 7.05 Å². The van der Waals surface area contributed by atoms with E-state index in [0.29, 0.717) is 10.5 Å². The average molecular weight is 330 g/mol. The smallest absolute Gasteiger partial charge is 0.321 e. The standard InChI is InChI=1S/C17H22N4OS/c1-12-10-21(11-13(2)23-12)17(22)19-15-6-4-5-14(9-15)16-18-7-8-20(16)3/h4-9,12-13H,10-11H2,1-3H3,(H,19,22). The third-order valence-corrected chi connectivity index (χ3v) is 5.13. The number of aromatic nitrogens is 2. The number of nitrogens with one attached hydrogen (secondary N) is 1. The molecule has 2 unspecified atom stereocenters. The van der Waals surface area contributed by atoms with Gasteiger partial charge in [0.15, 0.2) is 0 Å². The first-order valence-corrected chi connectivity index (χ1v) is 8.76. The quantitative estimate of drug-likeness (QED) is 0.917. The van der Waals surface area contributed by atoms with Crippen LogP contribution in [0.4, 0.5) is 10.5 Å². The van der Waals surface area contributed by atoms with Crippen molar-refractivity contribution in [2.75, 3.05) is 18.4 Å². The summed E-state index contributed by atoms with van der Waals surface area (Å²) >= 11 is 1.94. The third-order valence-electron chi connectivity index (χ3n) is 3.90. The van der Waals surface area contributed by atoms with E-state index < -0.39 is 0 Å². The van der Waals surface area contributed by atoms with Crippen molar-refractivity contribution in [3.63, 3.8) is 0 Å². The van der Waals surface area contributed by atoms with E-state index in [2.05, 4.69) is 24.1 Å². The molecule has 2 atom stereocenters. The molecule has 1 aliphatic heterocycles. The number of thioether (sulfide) groups is 1. The van der Waals surface area contributed by atoms with Crippen molar-refractivity contribution in [2.45, 2.75) is 24.3 Å². The minimum atomic E-state index is -0.0269. The summed E-state index contributed by atoms with van der Waals surface area (Å²) in [5, 5.41) is 3.97. The zero-order valence-corrected chi connectivity index (χ0v) is 14.5. The number of amides is 2. The molecule has 2 aromatic rings. The minimum Gasteiger partial charge on any atom is -0.334 e. The number of carbonyl (C=O) groups excluding carboxylic acids is 1. The molecule has 0 radical (unpaired) electrons. The predicted molar refractivity (Wildman–Crippen MR) is 95.8 cm³/mol. The molecule has 1 N–H and O–H groups in total. The first kappa shape index (κ1) is 15.9. The summed E-state index contributed by atoms with van der Waals surface area (Å²) in [6.45, 7) is 5.92. The molecule has 0 aliphatic carbocycles. The van der Waals surface area contributed by atoms with Crippen molar-refractivity contribution < 1.29 is 4.79 Å². The number of hydrogen-bond donors (Lipinski definition) is 1. The number of nitrogens with zero attached hydrogens (tertiary/aromatic N) is 3. The first-order valence-electron chi connectivity index (χ1n) is 7.82. The normalized spacial score (nSPS) is 21.3. The highest BCUT2D eigenvalue weighted by molar-refractivity contribution is 8.00. The number of rotatable bonds is 2. The van der Waals surface area contributed by atoms with Gasteiger partial charge in [-0.15, -0.1) is 0 Å². The summed E-state index contributed by atoms with van der Waals surface area (Å²) in [4.78, 5) is 18.8. The highest BCUT2D eigenvalue weighted by atomic mass is 32.2. The monoisotopic (exact) mass is 330 g/mol. The Morgan fingerprint density at radius 3 is 2.70 bits per heavy atom. The van der Waals surface area contributed by atoms with Crippen molar-refractivity contribution >= 4 is 23.5 Å². The maximum absolute atomic E-state index is 12.5. The van der Waals surface area contributed by atoms with Gasteiger partial charge in [0.1, 0.15) is 5.82 Å². The lowest BCUT2D eigenvalue weighted by atomic mass is 10.2. The Kier molecular flexibility index (Phi) is 4.61. The number of imidazole rings is 1. The molecule has 5 nitrogen and oxygen atoms in total. The molecule has 1 fully saturated rings. The zero-order chi connectivity index (χ0) is 16.4. The summed E-state index contributed by atoms with van der Waals surface area (Å²) < 4.78 is 1.96. The van der Waals surface area contributed by atoms with E-state index in [1.807, 2.05) is 58.7 Å². The largest absolute Gasteiger partial charge is 0.334 e.